The van der Waals surface area contributed by atoms with Crippen molar-refractivity contribution < 1.29 is 0 Å². The third-order valence-electron chi connectivity index (χ3n) is 5.44. The van der Waals surface area contributed by atoms with Gasteiger partial charge in [0.05, 0.1) is 5.56 Å². The molecule has 4 rings (SSSR count). The molecule has 0 spiro atoms. The monoisotopic (exact) mass is 398 g/mol. The molecule has 3 nitrogen and oxygen atoms in total. The van der Waals surface area contributed by atoms with Crippen molar-refractivity contribution in [3.8, 4) is 0 Å². The maximum absolute atomic E-state index is 8.57. The van der Waals surface area contributed by atoms with Crippen LogP contribution >= 0.6 is 7.26 Å². The molecule has 1 heterocycles. The van der Waals surface area contributed by atoms with Gasteiger partial charge in [0.1, 0.15) is 35.2 Å². The molecule has 1 N–H and O–H groups in total. The van der Waals surface area contributed by atoms with Gasteiger partial charge in [-0.25, -0.2) is 4.98 Å². The van der Waals surface area contributed by atoms with E-state index in [-0.39, 0.29) is 0 Å². The third-order valence-corrected chi connectivity index (χ3v) is 9.79. The van der Waals surface area contributed by atoms with Gasteiger partial charge in [0.2, 0.25) is 0 Å². The first-order valence-electron chi connectivity index (χ1n) is 9.74. The molecule has 144 valence electrons. The maximum atomic E-state index is 8.57. The van der Waals surface area contributed by atoms with Crippen LogP contribution in [0.5, 0.6) is 0 Å². The Balaban J connectivity index is 2.03. The minimum atomic E-state index is -2.01. The lowest BCUT2D eigenvalue weighted by Gasteiger charge is -2.28. The fourth-order valence-electron chi connectivity index (χ4n) is 3.84. The molecule has 4 aromatic rings. The lowest BCUT2D eigenvalue weighted by Crippen LogP contribution is -2.34. The van der Waals surface area contributed by atoms with Crippen molar-refractivity contribution in [1.29, 1.82) is 5.41 Å². The predicted octanol–water partition coefficient (Wildman–Crippen LogP) is 3.70. The number of nitrogens with zero attached hydrogens (tertiary/aromatic N) is 2. The summed E-state index contributed by atoms with van der Waals surface area (Å²) in [5.41, 5.74) is 1.34. The molecule has 29 heavy (non-hydrogen) atoms. The Morgan fingerprint density at radius 1 is 0.759 bits per heavy atom. The Kier molecular flexibility index (Phi) is 5.42. The van der Waals surface area contributed by atoms with Crippen LogP contribution in [0.25, 0.3) is 0 Å². The van der Waals surface area contributed by atoms with Gasteiger partial charge in [-0.15, -0.1) is 0 Å². The molecule has 4 heteroatoms. The fourth-order valence-corrected chi connectivity index (χ4v) is 8.07. The number of aromatic nitrogens is 2. The quantitative estimate of drug-likeness (QED) is 0.512. The molecule has 0 saturated heterocycles. The third kappa shape index (κ3) is 3.66. The number of hydrogen-bond donors (Lipinski definition) is 1. The summed E-state index contributed by atoms with van der Waals surface area (Å²) in [5, 5.41) is 12.5. The highest BCUT2D eigenvalue weighted by atomic mass is 31.2. The zero-order valence-electron chi connectivity index (χ0n) is 16.8. The van der Waals surface area contributed by atoms with Crippen molar-refractivity contribution >= 4 is 23.2 Å². The molecular formula is C25H25N3P+. The topological polar surface area (TPSA) is 41.7 Å². The average molecular weight is 398 g/mol. The largest absolute Gasteiger partial charge is 0.339 e. The van der Waals surface area contributed by atoms with E-state index in [4.69, 9.17) is 5.41 Å². The van der Waals surface area contributed by atoms with E-state index in [2.05, 4.69) is 102 Å². The van der Waals surface area contributed by atoms with E-state index in [1.165, 1.54) is 15.9 Å². The molecule has 0 aliphatic rings. The summed E-state index contributed by atoms with van der Waals surface area (Å²) in [6, 6.07) is 32.3. The van der Waals surface area contributed by atoms with Crippen LogP contribution in [0.15, 0.2) is 97.2 Å². The van der Waals surface area contributed by atoms with Crippen molar-refractivity contribution in [1.82, 2.24) is 9.55 Å². The first-order chi connectivity index (χ1) is 14.1. The summed E-state index contributed by atoms with van der Waals surface area (Å²) in [4.78, 5) is 4.49. The number of benzene rings is 3. The maximum Gasteiger partial charge on any atom is 0.154 e. The molecule has 0 saturated carbocycles. The van der Waals surface area contributed by atoms with Gasteiger partial charge in [-0.05, 0) is 43.3 Å². The number of aryl methyl sites for hydroxylation is 2. The number of hydrogen-bond acceptors (Lipinski definition) is 2. The van der Waals surface area contributed by atoms with Crippen molar-refractivity contribution in [2.45, 2.75) is 13.1 Å². The molecule has 0 aliphatic carbocycles. The van der Waals surface area contributed by atoms with E-state index < -0.39 is 7.26 Å². The van der Waals surface area contributed by atoms with Gasteiger partial charge in [-0.2, -0.15) is 0 Å². The normalized spacial score (nSPS) is 11.4. The Morgan fingerprint density at radius 3 is 1.59 bits per heavy atom. The van der Waals surface area contributed by atoms with Crippen molar-refractivity contribution in [2.75, 3.05) is 0 Å². The summed E-state index contributed by atoms with van der Waals surface area (Å²) >= 11 is 0. The molecule has 3 aromatic carbocycles. The zero-order valence-corrected chi connectivity index (χ0v) is 17.7. The van der Waals surface area contributed by atoms with Crippen molar-refractivity contribution in [3.63, 3.8) is 0 Å². The van der Waals surface area contributed by atoms with Gasteiger partial charge in [0.25, 0.3) is 0 Å². The first-order valence-corrected chi connectivity index (χ1v) is 11.7. The van der Waals surface area contributed by atoms with E-state index in [1.54, 1.807) is 0 Å². The van der Waals surface area contributed by atoms with E-state index >= 15 is 0 Å². The van der Waals surface area contributed by atoms with E-state index in [0.717, 1.165) is 17.5 Å². The van der Waals surface area contributed by atoms with Crippen LogP contribution in [0.1, 0.15) is 11.4 Å². The molecule has 0 radical (unpaired) electrons. The SMILES string of the molecule is Cc1nc(=N)c(C[P+](c2ccccc2)(c2ccccc2)c2ccccc2)cn1C. The van der Waals surface area contributed by atoms with Crippen LogP contribution in [0.2, 0.25) is 0 Å². The van der Waals surface area contributed by atoms with Crippen LogP contribution < -0.4 is 21.4 Å². The van der Waals surface area contributed by atoms with Crippen LogP contribution in [0.3, 0.4) is 0 Å². The van der Waals surface area contributed by atoms with Crippen molar-refractivity contribution in [3.05, 3.63) is 114 Å². The highest BCUT2D eigenvalue weighted by Gasteiger charge is 2.45. The summed E-state index contributed by atoms with van der Waals surface area (Å²) in [5.74, 6) is 0.849. The van der Waals surface area contributed by atoms with Gasteiger partial charge >= 0.3 is 0 Å². The second-order valence-electron chi connectivity index (χ2n) is 7.25. The van der Waals surface area contributed by atoms with Crippen LogP contribution in [-0.4, -0.2) is 9.55 Å². The van der Waals surface area contributed by atoms with Gasteiger partial charge in [0, 0.05) is 13.2 Å². The Hall–Kier alpha value is -3.03. The molecule has 1 aromatic heterocycles. The second-order valence-corrected chi connectivity index (χ2v) is 10.7. The molecule has 0 fully saturated rings. The number of rotatable bonds is 5. The Morgan fingerprint density at radius 2 is 1.17 bits per heavy atom. The average Bonchev–Trinajstić information content (AvgIpc) is 2.77. The van der Waals surface area contributed by atoms with Crippen molar-refractivity contribution in [2.24, 2.45) is 7.05 Å². The molecule has 0 bridgehead atoms. The summed E-state index contributed by atoms with van der Waals surface area (Å²) < 4.78 is 2.02. The van der Waals surface area contributed by atoms with Crippen LogP contribution in [-0.2, 0) is 13.2 Å². The Bertz CT molecular complexity index is 1060. The number of nitrogens with one attached hydrogen (secondary N) is 1. The molecule has 0 atom stereocenters. The highest BCUT2D eigenvalue weighted by molar-refractivity contribution is 7.95. The second kappa shape index (κ2) is 8.14. The standard InChI is InChI=1S/C25H25N3P/c1-20-27-25(26)21(18-28(20)2)19-29(22-12-6-3-7-13-22,23-14-8-4-9-15-23)24-16-10-5-11-17-24/h3-18,26H,19H2,1-2H3/q+1. The zero-order chi connectivity index (χ0) is 20.3. The summed E-state index contributed by atoms with van der Waals surface area (Å²) in [6.07, 6.45) is 2.85. The molecule has 0 amide bonds. The van der Waals surface area contributed by atoms with Gasteiger partial charge in [-0.3, -0.25) is 5.41 Å². The lowest BCUT2D eigenvalue weighted by molar-refractivity contribution is 0.772. The minimum absolute atomic E-state index is 0.368. The summed E-state index contributed by atoms with van der Waals surface area (Å²) in [6.45, 7) is 1.94. The molecule has 0 aliphatic heterocycles. The highest BCUT2D eigenvalue weighted by Crippen LogP contribution is 2.57. The van der Waals surface area contributed by atoms with Crippen LogP contribution in [0, 0.1) is 12.3 Å². The molecule has 0 unspecified atom stereocenters. The summed E-state index contributed by atoms with van der Waals surface area (Å²) in [7, 11) is -0.0114. The van der Waals surface area contributed by atoms with E-state index in [0.29, 0.717) is 5.49 Å². The van der Waals surface area contributed by atoms with Crippen LogP contribution in [0.4, 0.5) is 0 Å². The molecular weight excluding hydrogens is 373 g/mol. The minimum Gasteiger partial charge on any atom is -0.339 e. The van der Waals surface area contributed by atoms with E-state index in [1.807, 2.05) is 18.5 Å². The lowest BCUT2D eigenvalue weighted by atomic mass is 10.3. The smallest absolute Gasteiger partial charge is 0.154 e. The predicted molar refractivity (Wildman–Crippen MR) is 123 cm³/mol. The van der Waals surface area contributed by atoms with Gasteiger partial charge < -0.3 is 4.57 Å². The first kappa shape index (κ1) is 19.3. The van der Waals surface area contributed by atoms with Gasteiger partial charge in [0.15, 0.2) is 5.49 Å². The van der Waals surface area contributed by atoms with E-state index in [9.17, 15) is 0 Å². The Labute approximate surface area is 172 Å². The van der Waals surface area contributed by atoms with Gasteiger partial charge in [-0.1, -0.05) is 54.6 Å². The fraction of sp³-hybridized carbons (Fsp3) is 0.120.